The number of amides is 1. The number of carboxylic acids is 1. The zero-order valence-corrected chi connectivity index (χ0v) is 17.6. The second-order valence-corrected chi connectivity index (χ2v) is 8.60. The third kappa shape index (κ3) is 4.48. The van der Waals surface area contributed by atoms with Crippen LogP contribution in [0.4, 0.5) is 13.2 Å². The first-order valence-electron chi connectivity index (χ1n) is 9.03. The number of carbonyl (C=O) groups is 2. The average molecular weight is 482 g/mol. The molecule has 0 saturated heterocycles. The Bertz CT molecular complexity index is 1410. The zero-order valence-electron chi connectivity index (χ0n) is 16.0. The highest BCUT2D eigenvalue weighted by atomic mass is 32.1. The van der Waals surface area contributed by atoms with Gasteiger partial charge in [-0.1, -0.05) is 0 Å². The quantitative estimate of drug-likeness (QED) is 0.437. The molecule has 3 aromatic heterocycles. The number of rotatable bonds is 6. The van der Waals surface area contributed by atoms with Crippen molar-refractivity contribution in [1.29, 1.82) is 0 Å². The number of alkyl halides is 3. The van der Waals surface area contributed by atoms with Gasteiger partial charge in [-0.25, -0.2) is 9.67 Å². The largest absolute Gasteiger partial charge is 0.480 e. The summed E-state index contributed by atoms with van der Waals surface area (Å²) in [6, 6.07) is 3.25. The van der Waals surface area contributed by atoms with Crippen LogP contribution in [0.5, 0.6) is 0 Å². The third-order valence-electron chi connectivity index (χ3n) is 4.49. The summed E-state index contributed by atoms with van der Waals surface area (Å²) >= 11 is 2.39. The fourth-order valence-corrected chi connectivity index (χ4v) is 4.80. The number of nitrogens with one attached hydrogen (secondary N) is 1. The highest BCUT2D eigenvalue weighted by Crippen LogP contribution is 2.33. The first-order chi connectivity index (χ1) is 15.1. The summed E-state index contributed by atoms with van der Waals surface area (Å²) in [7, 11) is 0. The van der Waals surface area contributed by atoms with Crippen molar-refractivity contribution in [3.05, 3.63) is 55.6 Å². The molecular weight excluding hydrogens is 469 g/mol. The molecule has 3 heterocycles. The van der Waals surface area contributed by atoms with Crippen molar-refractivity contribution in [3.63, 3.8) is 0 Å². The summed E-state index contributed by atoms with van der Waals surface area (Å²) < 4.78 is 40.5. The van der Waals surface area contributed by atoms with Crippen LogP contribution in [0.2, 0.25) is 0 Å². The summed E-state index contributed by atoms with van der Waals surface area (Å²) in [4.78, 5) is 39.7. The van der Waals surface area contributed by atoms with Crippen LogP contribution < -0.4 is 10.9 Å². The number of aliphatic carboxylic acids is 1. The Balaban J connectivity index is 1.67. The minimum Gasteiger partial charge on any atom is -0.480 e. The molecule has 2 N–H and O–H groups in total. The molecule has 32 heavy (non-hydrogen) atoms. The molecule has 1 aromatic carbocycles. The molecule has 166 valence electrons. The van der Waals surface area contributed by atoms with Gasteiger partial charge in [0.2, 0.25) is 5.91 Å². The van der Waals surface area contributed by atoms with Crippen molar-refractivity contribution < 1.29 is 27.9 Å². The van der Waals surface area contributed by atoms with Gasteiger partial charge in [0.05, 0.1) is 39.8 Å². The monoisotopic (exact) mass is 482 g/mol. The summed E-state index contributed by atoms with van der Waals surface area (Å²) in [5.74, 6) is -1.77. The van der Waals surface area contributed by atoms with Gasteiger partial charge in [0.15, 0.2) is 0 Å². The number of benzene rings is 1. The van der Waals surface area contributed by atoms with Gasteiger partial charge in [0.1, 0.15) is 11.6 Å². The second kappa shape index (κ2) is 8.31. The van der Waals surface area contributed by atoms with E-state index in [1.54, 1.807) is 10.8 Å². The van der Waals surface area contributed by atoms with Gasteiger partial charge in [0, 0.05) is 16.1 Å². The van der Waals surface area contributed by atoms with Crippen molar-refractivity contribution in [2.45, 2.75) is 19.1 Å². The fourth-order valence-electron chi connectivity index (χ4n) is 3.04. The average Bonchev–Trinajstić information content (AvgIpc) is 3.35. The summed E-state index contributed by atoms with van der Waals surface area (Å²) in [5.41, 5.74) is -0.792. The molecule has 8 nitrogen and oxygen atoms in total. The van der Waals surface area contributed by atoms with E-state index < -0.39 is 35.7 Å². The van der Waals surface area contributed by atoms with Gasteiger partial charge in [-0.15, -0.1) is 11.3 Å². The van der Waals surface area contributed by atoms with Crippen molar-refractivity contribution in [3.8, 4) is 0 Å². The van der Waals surface area contributed by atoms with Crippen molar-refractivity contribution >= 4 is 55.5 Å². The molecule has 0 fully saturated rings. The van der Waals surface area contributed by atoms with E-state index in [1.807, 2.05) is 0 Å². The van der Waals surface area contributed by atoms with Gasteiger partial charge in [0.25, 0.3) is 5.56 Å². The number of carboxylic acid groups (broad SMARTS) is 1. The minimum atomic E-state index is -4.49. The molecule has 0 radical (unpaired) electrons. The van der Waals surface area contributed by atoms with Gasteiger partial charge >= 0.3 is 12.1 Å². The van der Waals surface area contributed by atoms with Crippen LogP contribution in [0.3, 0.4) is 0 Å². The first-order valence-corrected chi connectivity index (χ1v) is 10.8. The Morgan fingerprint density at radius 3 is 2.66 bits per heavy atom. The lowest BCUT2D eigenvalue weighted by molar-refractivity contribution is -0.138. The Morgan fingerprint density at radius 2 is 1.94 bits per heavy atom. The smallest absolute Gasteiger partial charge is 0.416 e. The van der Waals surface area contributed by atoms with E-state index in [2.05, 4.69) is 15.4 Å². The Hall–Kier alpha value is -3.32. The predicted molar refractivity (Wildman–Crippen MR) is 112 cm³/mol. The van der Waals surface area contributed by atoms with Crippen LogP contribution in [-0.2, 0) is 28.7 Å². The van der Waals surface area contributed by atoms with Gasteiger partial charge in [-0.3, -0.25) is 14.4 Å². The van der Waals surface area contributed by atoms with Crippen molar-refractivity contribution in [1.82, 2.24) is 20.1 Å². The lowest BCUT2D eigenvalue weighted by Gasteiger charge is -2.08. The van der Waals surface area contributed by atoms with Crippen LogP contribution in [0.1, 0.15) is 16.3 Å². The number of hydrogen-bond donors (Lipinski definition) is 2. The SMILES string of the molecule is O=C(O)CNC(=O)Cc1nn(Cc2nc3cc(C(F)(F)F)ccc3s2)c(=O)c2cscc12. The maximum absolute atomic E-state index is 12.9. The summed E-state index contributed by atoms with van der Waals surface area (Å²) in [6.45, 7) is -0.633. The molecule has 4 rings (SSSR count). The van der Waals surface area contributed by atoms with Gasteiger partial charge < -0.3 is 10.4 Å². The lowest BCUT2D eigenvalue weighted by Crippen LogP contribution is -2.32. The van der Waals surface area contributed by atoms with Crippen LogP contribution in [-0.4, -0.2) is 38.3 Å². The minimum absolute atomic E-state index is 0.0882. The van der Waals surface area contributed by atoms with Crippen LogP contribution in [0.15, 0.2) is 33.8 Å². The van der Waals surface area contributed by atoms with E-state index in [1.165, 1.54) is 17.4 Å². The number of thiophene rings is 1. The Labute approximate surface area is 184 Å². The molecule has 0 aliphatic rings. The lowest BCUT2D eigenvalue weighted by atomic mass is 10.2. The molecule has 0 atom stereocenters. The van der Waals surface area contributed by atoms with Crippen LogP contribution in [0.25, 0.3) is 21.0 Å². The molecule has 0 saturated carbocycles. The molecule has 13 heteroatoms. The van der Waals surface area contributed by atoms with Crippen LogP contribution in [0, 0.1) is 0 Å². The number of hydrogen-bond acceptors (Lipinski definition) is 7. The number of halogens is 3. The topological polar surface area (TPSA) is 114 Å². The predicted octanol–water partition coefficient (Wildman–Crippen LogP) is 2.88. The summed E-state index contributed by atoms with van der Waals surface area (Å²) in [5, 5.41) is 19.7. The molecule has 0 spiro atoms. The van der Waals surface area contributed by atoms with E-state index in [0.717, 1.165) is 28.2 Å². The molecule has 0 unspecified atom stereocenters. The van der Waals surface area contributed by atoms with Gasteiger partial charge in [-0.2, -0.15) is 29.6 Å². The van der Waals surface area contributed by atoms with Crippen molar-refractivity contribution in [2.24, 2.45) is 0 Å². The number of nitrogens with zero attached hydrogens (tertiary/aromatic N) is 3. The summed E-state index contributed by atoms with van der Waals surface area (Å²) in [6.07, 6.45) is -4.73. The van der Waals surface area contributed by atoms with E-state index in [9.17, 15) is 27.6 Å². The van der Waals surface area contributed by atoms with E-state index in [0.29, 0.717) is 20.5 Å². The normalized spacial score (nSPS) is 11.8. The fraction of sp³-hybridized carbons (Fsp3) is 0.211. The number of carbonyl (C=O) groups excluding carboxylic acids is 1. The Kier molecular flexibility index (Phi) is 5.69. The second-order valence-electron chi connectivity index (χ2n) is 6.74. The maximum atomic E-state index is 12.9. The molecule has 0 bridgehead atoms. The molecular formula is C19H13F3N4O4S2. The maximum Gasteiger partial charge on any atom is 0.416 e. The zero-order chi connectivity index (χ0) is 23.0. The Morgan fingerprint density at radius 1 is 1.19 bits per heavy atom. The van der Waals surface area contributed by atoms with E-state index in [-0.39, 0.29) is 24.2 Å². The molecule has 0 aliphatic carbocycles. The highest BCUT2D eigenvalue weighted by Gasteiger charge is 2.30. The van der Waals surface area contributed by atoms with E-state index in [4.69, 9.17) is 5.11 Å². The number of fused-ring (bicyclic) bond motifs is 2. The highest BCUT2D eigenvalue weighted by molar-refractivity contribution is 7.18. The molecule has 4 aromatic rings. The molecule has 1 amide bonds. The van der Waals surface area contributed by atoms with E-state index >= 15 is 0 Å². The number of aromatic nitrogens is 3. The van der Waals surface area contributed by atoms with Crippen LogP contribution >= 0.6 is 22.7 Å². The number of thiazole rings is 1. The first kappa shape index (κ1) is 21.9. The third-order valence-corrected chi connectivity index (χ3v) is 6.25. The van der Waals surface area contributed by atoms with Crippen molar-refractivity contribution in [2.75, 3.05) is 6.54 Å². The molecule has 0 aliphatic heterocycles. The standard InChI is InChI=1S/C19H13F3N4O4S2/c20-19(21,22)9-1-2-14-13(3-9)24-16(32-14)6-26-18(30)11-8-31-7-10(11)12(25-26)4-15(27)23-5-17(28)29/h1-3,7-8H,4-6H2,(H,23,27)(H,28,29). The van der Waals surface area contributed by atoms with Gasteiger partial charge in [-0.05, 0) is 18.2 Å².